The predicted octanol–water partition coefficient (Wildman–Crippen LogP) is -3.33. The van der Waals surface area contributed by atoms with Gasteiger partial charge in [0.25, 0.3) is 0 Å². The highest BCUT2D eigenvalue weighted by molar-refractivity contribution is 5.86. The highest BCUT2D eigenvalue weighted by Crippen LogP contribution is 2.01. The molecule has 0 aromatic heterocycles. The van der Waals surface area contributed by atoms with Crippen molar-refractivity contribution in [2.45, 2.75) is 31.7 Å². The van der Waals surface area contributed by atoms with Crippen LogP contribution in [-0.2, 0) is 19.2 Å². The molecule has 0 aliphatic heterocycles. The van der Waals surface area contributed by atoms with Gasteiger partial charge in [-0.15, -0.1) is 0 Å². The van der Waals surface area contributed by atoms with E-state index in [1.54, 1.807) is 0 Å². The highest BCUT2D eigenvalue weighted by atomic mass is 16.2. The Kier molecular flexibility index (Phi) is 11.2. The fraction of sp³-hybridized carbons (Fsp3) is 0.692. The molecule has 0 aliphatic rings. The van der Waals surface area contributed by atoms with Gasteiger partial charge in [0, 0.05) is 19.5 Å². The first kappa shape index (κ1) is 20.8. The lowest BCUT2D eigenvalue weighted by Gasteiger charge is -2.15. The summed E-state index contributed by atoms with van der Waals surface area (Å²) in [6.45, 7) is 0.367. The van der Waals surface area contributed by atoms with E-state index in [-0.39, 0.29) is 43.8 Å². The Morgan fingerprint density at radius 2 is 1.39 bits per heavy atom. The molecule has 0 saturated carbocycles. The van der Waals surface area contributed by atoms with Crippen LogP contribution >= 0.6 is 0 Å². The first-order chi connectivity index (χ1) is 10.9. The van der Waals surface area contributed by atoms with Crippen LogP contribution in [0.2, 0.25) is 0 Å². The average Bonchev–Trinajstić information content (AvgIpc) is 2.52. The maximum Gasteiger partial charge on any atom is 0.239 e. The molecule has 132 valence electrons. The minimum absolute atomic E-state index is 0.0298. The molecule has 0 saturated heterocycles. The molecule has 9 N–H and O–H groups in total. The molecule has 10 heteroatoms. The van der Waals surface area contributed by atoms with Gasteiger partial charge in [-0.2, -0.15) is 0 Å². The van der Waals surface area contributed by atoms with Gasteiger partial charge in [-0.3, -0.25) is 19.2 Å². The fourth-order valence-corrected chi connectivity index (χ4v) is 1.71. The third-order valence-electron chi connectivity index (χ3n) is 2.97. The smallest absolute Gasteiger partial charge is 0.239 e. The van der Waals surface area contributed by atoms with E-state index >= 15 is 0 Å². The Morgan fingerprint density at radius 3 is 1.91 bits per heavy atom. The van der Waals surface area contributed by atoms with E-state index in [1.807, 2.05) is 0 Å². The lowest BCUT2D eigenvalue weighted by molar-refractivity contribution is -0.127. The van der Waals surface area contributed by atoms with E-state index in [9.17, 15) is 19.2 Å². The van der Waals surface area contributed by atoms with Crippen molar-refractivity contribution < 1.29 is 19.2 Å². The molecule has 1 unspecified atom stereocenters. The second-order valence-corrected chi connectivity index (χ2v) is 4.88. The molecule has 0 rings (SSSR count). The molecule has 10 nitrogen and oxygen atoms in total. The van der Waals surface area contributed by atoms with Crippen LogP contribution < -0.4 is 33.2 Å². The van der Waals surface area contributed by atoms with Crippen LogP contribution in [0.4, 0.5) is 0 Å². The molecular weight excluding hydrogens is 304 g/mol. The minimum atomic E-state index is -0.780. The van der Waals surface area contributed by atoms with Crippen molar-refractivity contribution in [1.29, 1.82) is 0 Å². The van der Waals surface area contributed by atoms with Crippen LogP contribution in [0.15, 0.2) is 0 Å². The highest BCUT2D eigenvalue weighted by Gasteiger charge is 2.17. The van der Waals surface area contributed by atoms with Crippen molar-refractivity contribution in [3.8, 4) is 0 Å². The molecule has 0 aromatic rings. The number of amides is 4. The third-order valence-corrected chi connectivity index (χ3v) is 2.97. The summed E-state index contributed by atoms with van der Waals surface area (Å²) in [5, 5.41) is 7.57. The van der Waals surface area contributed by atoms with Crippen LogP contribution in [0.3, 0.4) is 0 Å². The van der Waals surface area contributed by atoms with Crippen molar-refractivity contribution in [2.24, 2.45) is 17.2 Å². The Labute approximate surface area is 134 Å². The summed E-state index contributed by atoms with van der Waals surface area (Å²) in [6, 6.07) is -0.780. The summed E-state index contributed by atoms with van der Waals surface area (Å²) in [6.07, 6.45) is 1.64. The summed E-state index contributed by atoms with van der Waals surface area (Å²) in [5.74, 6) is -1.62. The first-order valence-corrected chi connectivity index (χ1v) is 7.43. The van der Waals surface area contributed by atoms with Crippen molar-refractivity contribution in [3.63, 3.8) is 0 Å². The summed E-state index contributed by atoms with van der Waals surface area (Å²) >= 11 is 0. The van der Waals surface area contributed by atoms with Gasteiger partial charge in [-0.1, -0.05) is 0 Å². The minimum Gasteiger partial charge on any atom is -0.368 e. The van der Waals surface area contributed by atoms with Crippen LogP contribution in [-0.4, -0.2) is 55.8 Å². The third kappa shape index (κ3) is 11.1. The standard InChI is InChI=1S/C13H26N6O4/c14-7-11(21)17-5-2-1-3-9(13(16)23)19-10(20)4-6-18-12(22)8-15/h9H,1-8,14-15H2,(H2,16,23)(H,17,21)(H,18,22)(H,19,20). The normalized spacial score (nSPS) is 11.4. The molecule has 4 amide bonds. The molecule has 0 spiro atoms. The quantitative estimate of drug-likeness (QED) is 0.203. The average molecular weight is 330 g/mol. The van der Waals surface area contributed by atoms with E-state index < -0.39 is 11.9 Å². The number of primary amides is 1. The molecule has 0 bridgehead atoms. The van der Waals surface area contributed by atoms with E-state index in [0.29, 0.717) is 25.8 Å². The van der Waals surface area contributed by atoms with Crippen LogP contribution in [0, 0.1) is 0 Å². The SMILES string of the molecule is NCC(=O)NCCCCC(NC(=O)CCNC(=O)CN)C(N)=O. The van der Waals surface area contributed by atoms with Gasteiger partial charge in [0.2, 0.25) is 23.6 Å². The van der Waals surface area contributed by atoms with Gasteiger partial charge in [-0.05, 0) is 19.3 Å². The van der Waals surface area contributed by atoms with E-state index in [2.05, 4.69) is 16.0 Å². The second-order valence-electron chi connectivity index (χ2n) is 4.88. The number of rotatable bonds is 12. The number of unbranched alkanes of at least 4 members (excludes halogenated alkanes) is 1. The summed E-state index contributed by atoms with van der Waals surface area (Å²) in [7, 11) is 0. The van der Waals surface area contributed by atoms with Gasteiger partial charge in [-0.25, -0.2) is 0 Å². The van der Waals surface area contributed by atoms with Gasteiger partial charge in [0.15, 0.2) is 0 Å². The van der Waals surface area contributed by atoms with Crippen molar-refractivity contribution >= 4 is 23.6 Å². The number of hydrogen-bond acceptors (Lipinski definition) is 6. The Balaban J connectivity index is 3.97. The monoisotopic (exact) mass is 330 g/mol. The molecule has 0 radical (unpaired) electrons. The summed E-state index contributed by atoms with van der Waals surface area (Å²) in [4.78, 5) is 44.8. The van der Waals surface area contributed by atoms with Crippen LogP contribution in [0.25, 0.3) is 0 Å². The zero-order valence-corrected chi connectivity index (χ0v) is 13.1. The Morgan fingerprint density at radius 1 is 0.826 bits per heavy atom. The van der Waals surface area contributed by atoms with Crippen LogP contribution in [0.1, 0.15) is 25.7 Å². The lowest BCUT2D eigenvalue weighted by atomic mass is 10.1. The second kappa shape index (κ2) is 12.4. The van der Waals surface area contributed by atoms with Gasteiger partial charge in [0.1, 0.15) is 6.04 Å². The first-order valence-electron chi connectivity index (χ1n) is 7.43. The number of hydrogen-bond donors (Lipinski definition) is 6. The number of carbonyl (C=O) groups is 4. The Hall–Kier alpha value is -2.20. The largest absolute Gasteiger partial charge is 0.368 e. The van der Waals surface area contributed by atoms with Crippen molar-refractivity contribution in [2.75, 3.05) is 26.2 Å². The summed E-state index contributed by atoms with van der Waals surface area (Å²) in [5.41, 5.74) is 15.5. The maximum atomic E-state index is 11.7. The summed E-state index contributed by atoms with van der Waals surface area (Å²) < 4.78 is 0. The lowest BCUT2D eigenvalue weighted by Crippen LogP contribution is -2.45. The van der Waals surface area contributed by atoms with Crippen molar-refractivity contribution in [3.05, 3.63) is 0 Å². The molecule has 0 aromatic carbocycles. The molecule has 23 heavy (non-hydrogen) atoms. The predicted molar refractivity (Wildman–Crippen MR) is 83.7 cm³/mol. The van der Waals surface area contributed by atoms with E-state index in [1.165, 1.54) is 0 Å². The van der Waals surface area contributed by atoms with Gasteiger partial charge >= 0.3 is 0 Å². The maximum absolute atomic E-state index is 11.7. The zero-order valence-electron chi connectivity index (χ0n) is 13.1. The molecule has 0 aliphatic carbocycles. The van der Waals surface area contributed by atoms with Gasteiger partial charge in [0.05, 0.1) is 13.1 Å². The number of carbonyl (C=O) groups excluding carboxylic acids is 4. The number of nitrogens with one attached hydrogen (secondary N) is 3. The molecule has 1 atom stereocenters. The van der Waals surface area contributed by atoms with Gasteiger partial charge < -0.3 is 33.2 Å². The van der Waals surface area contributed by atoms with E-state index in [0.717, 1.165) is 0 Å². The number of nitrogens with two attached hydrogens (primary N) is 3. The van der Waals surface area contributed by atoms with E-state index in [4.69, 9.17) is 17.2 Å². The zero-order chi connectivity index (χ0) is 17.7. The molecule has 0 fully saturated rings. The molecule has 0 heterocycles. The Bertz CT molecular complexity index is 415. The van der Waals surface area contributed by atoms with Crippen molar-refractivity contribution in [1.82, 2.24) is 16.0 Å². The topological polar surface area (TPSA) is 182 Å². The van der Waals surface area contributed by atoms with Crippen LogP contribution in [0.5, 0.6) is 0 Å². The molecular formula is C13H26N6O4. The fourth-order valence-electron chi connectivity index (χ4n) is 1.71.